The van der Waals surface area contributed by atoms with Gasteiger partial charge in [0.1, 0.15) is 0 Å². The molecule has 0 spiro atoms. The maximum atomic E-state index is 13.2. The molecule has 2 rings (SSSR count). The standard InChI is InChI=1S/C15H13FN2O5/c1-22-11-5-3-9(7-12(11)23-2)4-6-13(19)18-8-10(16)14(20)17-15(18)21/h3-8H,1-2H3,(H,17,20,21)/b6-4+. The van der Waals surface area contributed by atoms with Crippen LogP contribution in [0.3, 0.4) is 0 Å². The van der Waals surface area contributed by atoms with E-state index in [1.54, 1.807) is 23.2 Å². The van der Waals surface area contributed by atoms with Gasteiger partial charge in [-0.05, 0) is 23.8 Å². The second-order valence-electron chi connectivity index (χ2n) is 4.39. The molecule has 23 heavy (non-hydrogen) atoms. The Morgan fingerprint density at radius 1 is 1.22 bits per heavy atom. The minimum absolute atomic E-state index is 0.466. The van der Waals surface area contributed by atoms with E-state index in [9.17, 15) is 18.8 Å². The van der Waals surface area contributed by atoms with Gasteiger partial charge < -0.3 is 9.47 Å². The van der Waals surface area contributed by atoms with Gasteiger partial charge in [0.05, 0.1) is 20.4 Å². The molecule has 8 heteroatoms. The summed E-state index contributed by atoms with van der Waals surface area (Å²) < 4.78 is 23.8. The molecule has 0 bridgehead atoms. The van der Waals surface area contributed by atoms with Gasteiger partial charge in [0.25, 0.3) is 11.5 Å². The van der Waals surface area contributed by atoms with Gasteiger partial charge in [0.15, 0.2) is 11.5 Å². The van der Waals surface area contributed by atoms with E-state index in [0.29, 0.717) is 27.8 Å². The Hall–Kier alpha value is -3.16. The molecule has 0 amide bonds. The Labute approximate surface area is 129 Å². The number of nitrogens with zero attached hydrogens (tertiary/aromatic N) is 1. The summed E-state index contributed by atoms with van der Waals surface area (Å²) in [6.07, 6.45) is 3.03. The van der Waals surface area contributed by atoms with Crippen molar-refractivity contribution in [2.24, 2.45) is 0 Å². The number of allylic oxidation sites excluding steroid dienone is 1. The summed E-state index contributed by atoms with van der Waals surface area (Å²) in [4.78, 5) is 36.0. The number of aromatic amines is 1. The summed E-state index contributed by atoms with van der Waals surface area (Å²) in [7, 11) is 2.97. The Morgan fingerprint density at radius 2 is 1.91 bits per heavy atom. The number of ether oxygens (including phenoxy) is 2. The summed E-state index contributed by atoms with van der Waals surface area (Å²) in [5, 5.41) is 0. The number of carbonyl (C=O) groups is 1. The number of halogens is 1. The highest BCUT2D eigenvalue weighted by molar-refractivity contribution is 5.93. The third-order valence-corrected chi connectivity index (χ3v) is 2.96. The molecule has 2 aromatic rings. The molecule has 7 nitrogen and oxygen atoms in total. The van der Waals surface area contributed by atoms with E-state index in [2.05, 4.69) is 0 Å². The second kappa shape index (κ2) is 6.73. The fourth-order valence-corrected chi connectivity index (χ4v) is 1.82. The van der Waals surface area contributed by atoms with Crippen LogP contribution in [0.15, 0.2) is 40.1 Å². The lowest BCUT2D eigenvalue weighted by Crippen LogP contribution is -2.34. The number of methoxy groups -OCH3 is 2. The number of hydrogen-bond acceptors (Lipinski definition) is 5. The third kappa shape index (κ3) is 3.54. The van der Waals surface area contributed by atoms with Gasteiger partial charge in [-0.1, -0.05) is 6.07 Å². The normalized spacial score (nSPS) is 10.7. The number of aromatic nitrogens is 2. The number of rotatable bonds is 4. The van der Waals surface area contributed by atoms with Crippen molar-refractivity contribution in [1.29, 1.82) is 0 Å². The summed E-state index contributed by atoms with van der Waals surface area (Å²) in [5.41, 5.74) is -1.59. The van der Waals surface area contributed by atoms with E-state index in [4.69, 9.17) is 9.47 Å². The van der Waals surface area contributed by atoms with Gasteiger partial charge in [-0.3, -0.25) is 14.6 Å². The Bertz CT molecular complexity index is 882. The molecular weight excluding hydrogens is 307 g/mol. The summed E-state index contributed by atoms with van der Waals surface area (Å²) in [6, 6.07) is 4.94. The smallest absolute Gasteiger partial charge is 0.335 e. The molecule has 0 fully saturated rings. The van der Waals surface area contributed by atoms with E-state index in [1.807, 2.05) is 0 Å². The van der Waals surface area contributed by atoms with E-state index in [1.165, 1.54) is 20.3 Å². The molecule has 1 heterocycles. The van der Waals surface area contributed by atoms with Crippen LogP contribution in [0, 0.1) is 5.82 Å². The molecule has 1 aromatic heterocycles. The fourth-order valence-electron chi connectivity index (χ4n) is 1.82. The van der Waals surface area contributed by atoms with E-state index < -0.39 is 23.0 Å². The van der Waals surface area contributed by atoms with Gasteiger partial charge in [0, 0.05) is 6.08 Å². The monoisotopic (exact) mass is 320 g/mol. The maximum absolute atomic E-state index is 13.2. The lowest BCUT2D eigenvalue weighted by atomic mass is 10.2. The van der Waals surface area contributed by atoms with Crippen LogP contribution in [0.5, 0.6) is 11.5 Å². The molecule has 0 saturated carbocycles. The molecule has 0 radical (unpaired) electrons. The van der Waals surface area contributed by atoms with Crippen LogP contribution in [0.25, 0.3) is 6.08 Å². The highest BCUT2D eigenvalue weighted by Gasteiger charge is 2.09. The van der Waals surface area contributed by atoms with Crippen LogP contribution < -0.4 is 20.7 Å². The van der Waals surface area contributed by atoms with Crippen molar-refractivity contribution in [1.82, 2.24) is 9.55 Å². The lowest BCUT2D eigenvalue weighted by molar-refractivity contribution is 0.0962. The first-order valence-electron chi connectivity index (χ1n) is 6.42. The zero-order valence-electron chi connectivity index (χ0n) is 12.3. The van der Waals surface area contributed by atoms with Crippen LogP contribution in [-0.4, -0.2) is 29.7 Å². The zero-order valence-corrected chi connectivity index (χ0v) is 12.3. The molecule has 0 aliphatic rings. The molecule has 1 N–H and O–H groups in total. The molecule has 0 aliphatic carbocycles. The van der Waals surface area contributed by atoms with Gasteiger partial charge >= 0.3 is 5.69 Å². The van der Waals surface area contributed by atoms with Crippen molar-refractivity contribution >= 4 is 12.0 Å². The van der Waals surface area contributed by atoms with Crippen molar-refractivity contribution in [3.8, 4) is 11.5 Å². The predicted molar refractivity (Wildman–Crippen MR) is 80.5 cm³/mol. The number of H-pyrrole nitrogens is 1. The zero-order chi connectivity index (χ0) is 17.0. The third-order valence-electron chi connectivity index (χ3n) is 2.96. The van der Waals surface area contributed by atoms with Crippen LogP contribution in [0.2, 0.25) is 0 Å². The SMILES string of the molecule is COc1ccc(/C=C/C(=O)n2cc(F)c(=O)[nH]c2=O)cc1OC. The van der Waals surface area contributed by atoms with Crippen molar-refractivity contribution in [2.45, 2.75) is 0 Å². The Kier molecular flexibility index (Phi) is 4.75. The molecule has 0 saturated heterocycles. The van der Waals surface area contributed by atoms with Gasteiger partial charge in [-0.15, -0.1) is 0 Å². The van der Waals surface area contributed by atoms with Crippen LogP contribution in [0.4, 0.5) is 4.39 Å². The van der Waals surface area contributed by atoms with Crippen molar-refractivity contribution in [3.05, 3.63) is 62.7 Å². The number of nitrogens with one attached hydrogen (secondary N) is 1. The van der Waals surface area contributed by atoms with Crippen LogP contribution in [0.1, 0.15) is 10.4 Å². The molecular formula is C15H13FN2O5. The summed E-state index contributed by atoms with van der Waals surface area (Å²) in [5.74, 6) is -1.04. The quantitative estimate of drug-likeness (QED) is 0.850. The van der Waals surface area contributed by atoms with Gasteiger partial charge in [-0.2, -0.15) is 4.39 Å². The molecule has 0 atom stereocenters. The second-order valence-corrected chi connectivity index (χ2v) is 4.39. The highest BCUT2D eigenvalue weighted by Crippen LogP contribution is 2.27. The average Bonchev–Trinajstić information content (AvgIpc) is 2.55. The van der Waals surface area contributed by atoms with Crippen LogP contribution in [-0.2, 0) is 0 Å². The van der Waals surface area contributed by atoms with E-state index >= 15 is 0 Å². The topological polar surface area (TPSA) is 90.4 Å². The first-order chi connectivity index (χ1) is 11.0. The number of hydrogen-bond donors (Lipinski definition) is 1. The van der Waals surface area contributed by atoms with Crippen LogP contribution >= 0.6 is 0 Å². The Morgan fingerprint density at radius 3 is 2.57 bits per heavy atom. The molecule has 0 aliphatic heterocycles. The van der Waals surface area contributed by atoms with Gasteiger partial charge in [0.2, 0.25) is 5.82 Å². The van der Waals surface area contributed by atoms with Crippen molar-refractivity contribution < 1.29 is 18.7 Å². The largest absolute Gasteiger partial charge is 0.493 e. The van der Waals surface area contributed by atoms with E-state index in [-0.39, 0.29) is 0 Å². The highest BCUT2D eigenvalue weighted by atomic mass is 19.1. The van der Waals surface area contributed by atoms with Gasteiger partial charge in [-0.25, -0.2) is 9.36 Å². The summed E-state index contributed by atoms with van der Waals surface area (Å²) in [6.45, 7) is 0. The average molecular weight is 320 g/mol. The number of benzene rings is 1. The fraction of sp³-hybridized carbons (Fsp3) is 0.133. The first kappa shape index (κ1) is 16.2. The van der Waals surface area contributed by atoms with Crippen molar-refractivity contribution in [2.75, 3.05) is 14.2 Å². The number of carbonyl (C=O) groups excluding carboxylic acids is 1. The first-order valence-corrected chi connectivity index (χ1v) is 6.42. The summed E-state index contributed by atoms with van der Waals surface area (Å²) >= 11 is 0. The molecule has 120 valence electrons. The van der Waals surface area contributed by atoms with E-state index in [0.717, 1.165) is 6.08 Å². The molecule has 1 aromatic carbocycles. The minimum Gasteiger partial charge on any atom is -0.493 e. The molecule has 0 unspecified atom stereocenters. The minimum atomic E-state index is -1.22. The Balaban J connectivity index is 2.30. The predicted octanol–water partition coefficient (Wildman–Crippen LogP) is 1.05. The van der Waals surface area contributed by atoms with Crippen molar-refractivity contribution in [3.63, 3.8) is 0 Å². The lowest BCUT2D eigenvalue weighted by Gasteiger charge is -2.07. The maximum Gasteiger partial charge on any atom is 0.335 e.